The number of halogens is 3. The van der Waals surface area contributed by atoms with Crippen molar-refractivity contribution in [2.24, 2.45) is 0 Å². The molecule has 1 aromatic heterocycles. The van der Waals surface area contributed by atoms with Gasteiger partial charge in [0, 0.05) is 24.8 Å². The Morgan fingerprint density at radius 3 is 2.50 bits per heavy atom. The number of carbonyl (C=O) groups is 2. The summed E-state index contributed by atoms with van der Waals surface area (Å²) in [6, 6.07) is 16.9. The summed E-state index contributed by atoms with van der Waals surface area (Å²) in [6.07, 6.45) is 0.0162. The molecule has 1 saturated heterocycles. The van der Waals surface area contributed by atoms with E-state index in [0.717, 1.165) is 23.6 Å². The van der Waals surface area contributed by atoms with Crippen LogP contribution in [-0.2, 0) is 4.79 Å². The number of pyridine rings is 1. The van der Waals surface area contributed by atoms with E-state index in [0.29, 0.717) is 31.0 Å². The number of piperidine rings is 1. The average molecular weight is 557 g/mol. The number of alkyl halides is 3. The molecule has 1 fully saturated rings. The van der Waals surface area contributed by atoms with E-state index in [-0.39, 0.29) is 23.6 Å². The van der Waals surface area contributed by atoms with Crippen LogP contribution < -0.4 is 20.3 Å². The van der Waals surface area contributed by atoms with Gasteiger partial charge in [-0.15, -0.1) is 0 Å². The summed E-state index contributed by atoms with van der Waals surface area (Å²) in [4.78, 5) is 31.8. The summed E-state index contributed by atoms with van der Waals surface area (Å²) in [6.45, 7) is 4.84. The number of carbonyl (C=O) groups excluding carboxylic acids is 2. The summed E-state index contributed by atoms with van der Waals surface area (Å²) in [5.74, 6) is 0.257. The van der Waals surface area contributed by atoms with Crippen molar-refractivity contribution in [3.63, 3.8) is 0 Å². The molecule has 0 aliphatic carbocycles. The fourth-order valence-corrected chi connectivity index (χ4v) is 4.99. The van der Waals surface area contributed by atoms with Crippen molar-refractivity contribution in [1.29, 1.82) is 0 Å². The van der Waals surface area contributed by atoms with E-state index >= 15 is 0 Å². The Hall–Kier alpha value is -3.82. The third-order valence-corrected chi connectivity index (χ3v) is 7.07. The minimum absolute atomic E-state index is 0.0489. The van der Waals surface area contributed by atoms with Crippen molar-refractivity contribution in [3.05, 3.63) is 66.4 Å². The first kappa shape index (κ1) is 29.2. The topological polar surface area (TPSA) is 83.6 Å². The molecular weight excluding hydrogens is 521 g/mol. The van der Waals surface area contributed by atoms with Gasteiger partial charge in [0.05, 0.1) is 5.56 Å². The molecule has 4 rings (SSSR count). The maximum atomic E-state index is 13.3. The number of ether oxygens (including phenoxy) is 1. The highest BCUT2D eigenvalue weighted by atomic mass is 19.4. The molecule has 0 spiro atoms. The molecule has 7 nitrogen and oxygen atoms in total. The zero-order chi connectivity index (χ0) is 28.9. The summed E-state index contributed by atoms with van der Waals surface area (Å²) < 4.78 is 43.3. The van der Waals surface area contributed by atoms with Crippen LogP contribution in [0.15, 0.2) is 60.8 Å². The van der Waals surface area contributed by atoms with Crippen LogP contribution in [0.2, 0.25) is 0 Å². The lowest BCUT2D eigenvalue weighted by atomic mass is 9.93. The highest BCUT2D eigenvalue weighted by Gasteiger charge is 2.35. The molecule has 2 atom stereocenters. The highest BCUT2D eigenvalue weighted by Crippen LogP contribution is 2.28. The van der Waals surface area contributed by atoms with Gasteiger partial charge in [-0.05, 0) is 68.1 Å². The molecule has 0 saturated carbocycles. The number of nitrogens with one attached hydrogen (secondary N) is 2. The van der Waals surface area contributed by atoms with Gasteiger partial charge in [0.2, 0.25) is 0 Å². The Bertz CT molecular complexity index is 1330. The number of amides is 2. The van der Waals surface area contributed by atoms with E-state index in [1.807, 2.05) is 47.8 Å². The van der Waals surface area contributed by atoms with E-state index < -0.39 is 24.2 Å². The summed E-state index contributed by atoms with van der Waals surface area (Å²) in [5.41, 5.74) is -1.01. The maximum Gasteiger partial charge on any atom is 0.405 e. The summed E-state index contributed by atoms with van der Waals surface area (Å²) in [5, 5.41) is 7.16. The Labute approximate surface area is 232 Å². The van der Waals surface area contributed by atoms with Crippen LogP contribution in [0.5, 0.6) is 5.75 Å². The Morgan fingerprint density at radius 2 is 1.82 bits per heavy atom. The number of hydrogen-bond acceptors (Lipinski definition) is 5. The molecule has 2 amide bonds. The number of rotatable bonds is 9. The van der Waals surface area contributed by atoms with E-state index in [1.165, 1.54) is 12.3 Å². The van der Waals surface area contributed by atoms with Crippen LogP contribution in [0.3, 0.4) is 0 Å². The molecule has 214 valence electrons. The molecule has 2 aromatic carbocycles. The second-order valence-electron chi connectivity index (χ2n) is 10.7. The quantitative estimate of drug-likeness (QED) is 0.357. The first-order valence-corrected chi connectivity index (χ1v) is 13.5. The van der Waals surface area contributed by atoms with Crippen molar-refractivity contribution < 1.29 is 27.5 Å². The fourth-order valence-electron chi connectivity index (χ4n) is 4.99. The van der Waals surface area contributed by atoms with Crippen LogP contribution in [0, 0.1) is 0 Å². The van der Waals surface area contributed by atoms with Crippen molar-refractivity contribution in [2.75, 3.05) is 18.0 Å². The zero-order valence-corrected chi connectivity index (χ0v) is 22.9. The second kappa shape index (κ2) is 12.1. The Morgan fingerprint density at radius 1 is 1.07 bits per heavy atom. The van der Waals surface area contributed by atoms with Crippen LogP contribution in [-0.4, -0.2) is 53.7 Å². The lowest BCUT2D eigenvalue weighted by Gasteiger charge is -2.41. The molecule has 2 unspecified atom stereocenters. The standard InChI is InChI=1S/C30H35F3N4O3/c1-4-7-24-17-23(14-15-37(24)26-13-11-22(18-34-26)27(38)35-19-30(31,32)33)36-28(39)29(2,3)40-25-12-10-20-8-5-6-9-21(20)16-25/h5-6,8-13,16,18,23-24H,4,7,14-15,17,19H2,1-3H3,(H,35,38)(H,36,39). The lowest BCUT2D eigenvalue weighted by molar-refractivity contribution is -0.135. The number of aromatic nitrogens is 1. The molecule has 1 aliphatic heterocycles. The normalized spacial score (nSPS) is 17.9. The minimum atomic E-state index is -4.48. The summed E-state index contributed by atoms with van der Waals surface area (Å²) in [7, 11) is 0. The molecule has 1 aliphatic rings. The van der Waals surface area contributed by atoms with Crippen molar-refractivity contribution in [1.82, 2.24) is 15.6 Å². The van der Waals surface area contributed by atoms with Crippen molar-refractivity contribution >= 4 is 28.4 Å². The fraction of sp³-hybridized carbons (Fsp3) is 0.433. The first-order chi connectivity index (χ1) is 18.9. The number of benzene rings is 2. The highest BCUT2D eigenvalue weighted by molar-refractivity contribution is 5.94. The Kier molecular flexibility index (Phi) is 8.85. The third kappa shape index (κ3) is 7.43. The minimum Gasteiger partial charge on any atom is -0.478 e. The number of anilines is 1. The number of hydrogen-bond donors (Lipinski definition) is 2. The van der Waals surface area contributed by atoms with Crippen molar-refractivity contribution in [3.8, 4) is 5.75 Å². The molecule has 10 heteroatoms. The van der Waals surface area contributed by atoms with Crippen LogP contribution >= 0.6 is 0 Å². The van der Waals surface area contributed by atoms with Gasteiger partial charge in [0.15, 0.2) is 5.60 Å². The van der Waals surface area contributed by atoms with Crippen LogP contribution in [0.4, 0.5) is 19.0 Å². The van der Waals surface area contributed by atoms with Gasteiger partial charge >= 0.3 is 6.18 Å². The number of fused-ring (bicyclic) bond motifs is 1. The first-order valence-electron chi connectivity index (χ1n) is 13.5. The van der Waals surface area contributed by atoms with Gasteiger partial charge in [-0.2, -0.15) is 13.2 Å². The van der Waals surface area contributed by atoms with Crippen LogP contribution in [0.1, 0.15) is 56.8 Å². The smallest absolute Gasteiger partial charge is 0.405 e. The number of nitrogens with zero attached hydrogens (tertiary/aromatic N) is 2. The van der Waals surface area contributed by atoms with Crippen molar-refractivity contribution in [2.45, 2.75) is 70.3 Å². The molecule has 2 N–H and O–H groups in total. The van der Waals surface area contributed by atoms with E-state index in [2.05, 4.69) is 22.1 Å². The monoisotopic (exact) mass is 556 g/mol. The van der Waals surface area contributed by atoms with Gasteiger partial charge in [-0.3, -0.25) is 9.59 Å². The Balaban J connectivity index is 1.37. The molecule has 3 aromatic rings. The largest absolute Gasteiger partial charge is 0.478 e. The van der Waals surface area contributed by atoms with E-state index in [4.69, 9.17) is 4.74 Å². The van der Waals surface area contributed by atoms with Gasteiger partial charge < -0.3 is 20.3 Å². The molecule has 40 heavy (non-hydrogen) atoms. The second-order valence-corrected chi connectivity index (χ2v) is 10.7. The zero-order valence-electron chi connectivity index (χ0n) is 22.9. The van der Waals surface area contributed by atoms with Gasteiger partial charge in [-0.25, -0.2) is 4.98 Å². The van der Waals surface area contributed by atoms with Gasteiger partial charge in [0.1, 0.15) is 18.1 Å². The van der Waals surface area contributed by atoms with E-state index in [1.54, 1.807) is 19.9 Å². The van der Waals surface area contributed by atoms with Crippen LogP contribution in [0.25, 0.3) is 10.8 Å². The predicted octanol–water partition coefficient (Wildman–Crippen LogP) is 5.64. The van der Waals surface area contributed by atoms with Gasteiger partial charge in [-0.1, -0.05) is 43.7 Å². The average Bonchev–Trinajstić information content (AvgIpc) is 2.91. The SMILES string of the molecule is CCCC1CC(NC(=O)C(C)(C)Oc2ccc3ccccc3c2)CCN1c1ccc(C(=O)NCC(F)(F)F)cn1. The molecular formula is C30H35F3N4O3. The summed E-state index contributed by atoms with van der Waals surface area (Å²) >= 11 is 0. The molecule has 0 bridgehead atoms. The molecule has 0 radical (unpaired) electrons. The lowest BCUT2D eigenvalue weighted by Crippen LogP contribution is -2.55. The van der Waals surface area contributed by atoms with E-state index in [9.17, 15) is 22.8 Å². The molecule has 2 heterocycles. The maximum absolute atomic E-state index is 13.3. The third-order valence-electron chi connectivity index (χ3n) is 7.07. The predicted molar refractivity (Wildman–Crippen MR) is 148 cm³/mol. The van der Waals surface area contributed by atoms with Gasteiger partial charge in [0.25, 0.3) is 11.8 Å².